The van der Waals surface area contributed by atoms with E-state index in [-0.39, 0.29) is 5.92 Å². The van der Waals surface area contributed by atoms with Crippen molar-refractivity contribution in [2.45, 2.75) is 84.1 Å². The van der Waals surface area contributed by atoms with Crippen molar-refractivity contribution in [1.82, 2.24) is 15.5 Å². The van der Waals surface area contributed by atoms with Crippen LogP contribution in [-0.2, 0) is 0 Å². The first-order chi connectivity index (χ1) is 10.2. The Morgan fingerprint density at radius 2 is 2.10 bits per heavy atom. The van der Waals surface area contributed by atoms with Crippen LogP contribution in [0.4, 0.5) is 0 Å². The maximum absolute atomic E-state index is 5.55. The molecule has 0 amide bonds. The number of nitrogens with zero attached hydrogens (tertiary/aromatic N) is 2. The largest absolute Gasteiger partial charge is 0.339 e. The minimum atomic E-state index is 0.267. The van der Waals surface area contributed by atoms with E-state index in [9.17, 15) is 0 Å². The average molecular weight is 293 g/mol. The van der Waals surface area contributed by atoms with Crippen molar-refractivity contribution in [1.29, 1.82) is 0 Å². The van der Waals surface area contributed by atoms with Gasteiger partial charge in [0.25, 0.3) is 0 Å². The summed E-state index contributed by atoms with van der Waals surface area (Å²) < 4.78 is 5.55. The maximum Gasteiger partial charge on any atom is 0.231 e. The van der Waals surface area contributed by atoms with Gasteiger partial charge < -0.3 is 9.84 Å². The Hall–Kier alpha value is -0.900. The molecular formula is C17H31N3O. The summed E-state index contributed by atoms with van der Waals surface area (Å²) in [7, 11) is 0. The van der Waals surface area contributed by atoms with Gasteiger partial charge in [0, 0.05) is 12.0 Å². The van der Waals surface area contributed by atoms with Gasteiger partial charge in [-0.25, -0.2) is 0 Å². The van der Waals surface area contributed by atoms with Gasteiger partial charge in [-0.3, -0.25) is 0 Å². The van der Waals surface area contributed by atoms with Crippen LogP contribution in [0, 0.1) is 5.92 Å². The summed E-state index contributed by atoms with van der Waals surface area (Å²) in [6, 6.07) is 0.369. The van der Waals surface area contributed by atoms with Crippen molar-refractivity contribution >= 4 is 0 Å². The predicted octanol–water partition coefficient (Wildman–Crippen LogP) is 4.25. The molecule has 4 heteroatoms. The van der Waals surface area contributed by atoms with Crippen LogP contribution in [0.2, 0.25) is 0 Å². The number of aromatic nitrogens is 2. The van der Waals surface area contributed by atoms with E-state index in [4.69, 9.17) is 9.51 Å². The highest BCUT2D eigenvalue weighted by atomic mass is 16.5. The number of hydrogen-bond acceptors (Lipinski definition) is 4. The fourth-order valence-electron chi connectivity index (χ4n) is 3.26. The molecule has 1 aromatic rings. The first-order valence-electron chi connectivity index (χ1n) is 8.72. The molecule has 0 spiro atoms. The van der Waals surface area contributed by atoms with Crippen LogP contribution in [0.25, 0.3) is 0 Å². The van der Waals surface area contributed by atoms with Crippen LogP contribution in [0.15, 0.2) is 4.52 Å². The van der Waals surface area contributed by atoms with E-state index >= 15 is 0 Å². The molecule has 4 nitrogen and oxygen atoms in total. The molecule has 1 fully saturated rings. The van der Waals surface area contributed by atoms with E-state index in [2.05, 4.69) is 38.2 Å². The van der Waals surface area contributed by atoms with Crippen molar-refractivity contribution < 1.29 is 4.52 Å². The molecular weight excluding hydrogens is 262 g/mol. The van der Waals surface area contributed by atoms with Crippen LogP contribution in [0.1, 0.15) is 89.8 Å². The van der Waals surface area contributed by atoms with Crippen LogP contribution >= 0.6 is 0 Å². The lowest BCUT2D eigenvalue weighted by Crippen LogP contribution is -2.31. The molecule has 1 N–H and O–H groups in total. The highest BCUT2D eigenvalue weighted by Gasteiger charge is 2.27. The lowest BCUT2D eigenvalue weighted by Gasteiger charge is -2.26. The van der Waals surface area contributed by atoms with Crippen molar-refractivity contribution in [3.63, 3.8) is 0 Å². The summed E-state index contributed by atoms with van der Waals surface area (Å²) in [6.07, 6.45) is 7.53. The molecule has 1 heterocycles. The lowest BCUT2D eigenvalue weighted by molar-refractivity contribution is 0.294. The Balaban J connectivity index is 1.97. The summed E-state index contributed by atoms with van der Waals surface area (Å²) in [5, 5.41) is 7.79. The molecule has 120 valence electrons. The second-order valence-corrected chi connectivity index (χ2v) is 6.66. The third-order valence-electron chi connectivity index (χ3n) is 5.04. The molecule has 21 heavy (non-hydrogen) atoms. The Morgan fingerprint density at radius 1 is 1.29 bits per heavy atom. The maximum atomic E-state index is 5.55. The summed E-state index contributed by atoms with van der Waals surface area (Å²) in [6.45, 7) is 9.87. The molecule has 1 saturated carbocycles. The summed E-state index contributed by atoms with van der Waals surface area (Å²) >= 11 is 0. The fraction of sp³-hybridized carbons (Fsp3) is 0.882. The van der Waals surface area contributed by atoms with E-state index in [1.165, 1.54) is 32.1 Å². The summed E-state index contributed by atoms with van der Waals surface area (Å²) in [5.74, 6) is 3.35. The standard InChI is InChI=1S/C17H31N3O/c1-5-10-18-13(4)12(3)17-19-16(20-21-17)15-9-7-8-14(6-2)11-15/h12-15,18H,5-11H2,1-4H3. The second-order valence-electron chi connectivity index (χ2n) is 6.66. The Bertz CT molecular complexity index is 418. The highest BCUT2D eigenvalue weighted by molar-refractivity contribution is 5.02. The zero-order valence-electron chi connectivity index (χ0n) is 14.1. The Kier molecular flexibility index (Phi) is 6.22. The average Bonchev–Trinajstić information content (AvgIpc) is 3.01. The van der Waals surface area contributed by atoms with Gasteiger partial charge in [0.15, 0.2) is 5.82 Å². The van der Waals surface area contributed by atoms with Gasteiger partial charge in [0.2, 0.25) is 5.89 Å². The molecule has 0 saturated heterocycles. The SMILES string of the molecule is CCCNC(C)C(C)c1nc(C2CCCC(CC)C2)no1. The second kappa shape index (κ2) is 7.92. The van der Waals surface area contributed by atoms with Crippen molar-refractivity contribution in [2.24, 2.45) is 5.92 Å². The van der Waals surface area contributed by atoms with Gasteiger partial charge in [-0.2, -0.15) is 4.98 Å². The minimum absolute atomic E-state index is 0.267. The highest BCUT2D eigenvalue weighted by Crippen LogP contribution is 2.36. The van der Waals surface area contributed by atoms with Crippen LogP contribution in [-0.4, -0.2) is 22.7 Å². The Morgan fingerprint density at radius 3 is 2.81 bits per heavy atom. The van der Waals surface area contributed by atoms with Gasteiger partial charge in [0.1, 0.15) is 0 Å². The van der Waals surface area contributed by atoms with Crippen molar-refractivity contribution in [3.05, 3.63) is 11.7 Å². The zero-order valence-corrected chi connectivity index (χ0v) is 14.1. The quantitative estimate of drug-likeness (QED) is 0.816. The van der Waals surface area contributed by atoms with Crippen LogP contribution in [0.3, 0.4) is 0 Å². The van der Waals surface area contributed by atoms with Crippen molar-refractivity contribution in [2.75, 3.05) is 6.54 Å². The Labute approximate surface area is 129 Å². The third kappa shape index (κ3) is 4.29. The van der Waals surface area contributed by atoms with Crippen molar-refractivity contribution in [3.8, 4) is 0 Å². The van der Waals surface area contributed by atoms with Gasteiger partial charge in [0.05, 0.1) is 5.92 Å². The molecule has 4 unspecified atom stereocenters. The normalized spacial score (nSPS) is 25.7. The fourth-order valence-corrected chi connectivity index (χ4v) is 3.26. The number of nitrogens with one attached hydrogen (secondary N) is 1. The van der Waals surface area contributed by atoms with E-state index in [0.29, 0.717) is 12.0 Å². The minimum Gasteiger partial charge on any atom is -0.339 e. The molecule has 1 aliphatic carbocycles. The van der Waals surface area contributed by atoms with E-state index in [1.807, 2.05) is 0 Å². The number of hydrogen-bond donors (Lipinski definition) is 1. The first kappa shape index (κ1) is 16.5. The first-order valence-corrected chi connectivity index (χ1v) is 8.72. The molecule has 2 rings (SSSR count). The van der Waals surface area contributed by atoms with E-state index in [0.717, 1.165) is 30.6 Å². The van der Waals surface area contributed by atoms with Gasteiger partial charge in [-0.15, -0.1) is 0 Å². The van der Waals surface area contributed by atoms with Gasteiger partial charge >= 0.3 is 0 Å². The molecule has 0 radical (unpaired) electrons. The van der Waals surface area contributed by atoms with E-state index in [1.54, 1.807) is 0 Å². The summed E-state index contributed by atoms with van der Waals surface area (Å²) in [4.78, 5) is 4.71. The molecule has 1 aliphatic rings. The van der Waals surface area contributed by atoms with Gasteiger partial charge in [-0.1, -0.05) is 45.2 Å². The molecule has 0 aromatic carbocycles. The van der Waals surface area contributed by atoms with Gasteiger partial charge in [-0.05, 0) is 38.6 Å². The smallest absolute Gasteiger partial charge is 0.231 e. The monoisotopic (exact) mass is 293 g/mol. The molecule has 1 aromatic heterocycles. The number of rotatable bonds is 7. The topological polar surface area (TPSA) is 51.0 Å². The molecule has 0 aliphatic heterocycles. The molecule has 4 atom stereocenters. The predicted molar refractivity (Wildman–Crippen MR) is 85.5 cm³/mol. The third-order valence-corrected chi connectivity index (χ3v) is 5.04. The summed E-state index contributed by atoms with van der Waals surface area (Å²) in [5.41, 5.74) is 0. The molecule has 0 bridgehead atoms. The van der Waals surface area contributed by atoms with Crippen LogP contribution < -0.4 is 5.32 Å². The van der Waals surface area contributed by atoms with E-state index < -0.39 is 0 Å². The lowest BCUT2D eigenvalue weighted by atomic mass is 9.80. The van der Waals surface area contributed by atoms with Crippen LogP contribution in [0.5, 0.6) is 0 Å². The zero-order chi connectivity index (χ0) is 15.2.